The number of nitrogens with zero attached hydrogens (tertiary/aromatic N) is 1. The summed E-state index contributed by atoms with van der Waals surface area (Å²) in [6, 6.07) is 11.2. The fourth-order valence-corrected chi connectivity index (χ4v) is 1.89. The van der Waals surface area contributed by atoms with E-state index in [9.17, 15) is 4.79 Å². The fraction of sp³-hybridized carbons (Fsp3) is 0.0667. The highest BCUT2D eigenvalue weighted by Crippen LogP contribution is 2.24. The van der Waals surface area contributed by atoms with Gasteiger partial charge in [0.2, 0.25) is 5.88 Å². The summed E-state index contributed by atoms with van der Waals surface area (Å²) in [6.07, 6.45) is 2.66. The van der Waals surface area contributed by atoms with Crippen molar-refractivity contribution >= 4 is 16.9 Å². The number of hydrogen-bond donors (Lipinski definition) is 1. The summed E-state index contributed by atoms with van der Waals surface area (Å²) in [4.78, 5) is 15.1. The third kappa shape index (κ3) is 2.33. The monoisotopic (exact) mass is 269 g/mol. The molecule has 5 nitrogen and oxygen atoms in total. The predicted molar refractivity (Wildman–Crippen MR) is 71.7 cm³/mol. The quantitative estimate of drug-likeness (QED) is 0.787. The summed E-state index contributed by atoms with van der Waals surface area (Å²) >= 11 is 0. The van der Waals surface area contributed by atoms with Crippen LogP contribution in [0, 0.1) is 0 Å². The van der Waals surface area contributed by atoms with E-state index in [4.69, 9.17) is 14.3 Å². The third-order valence-corrected chi connectivity index (χ3v) is 2.90. The van der Waals surface area contributed by atoms with Crippen molar-refractivity contribution < 1.29 is 19.1 Å². The number of aromatic carboxylic acids is 1. The first-order chi connectivity index (χ1) is 9.74. The van der Waals surface area contributed by atoms with Crippen LogP contribution in [0.1, 0.15) is 15.9 Å². The van der Waals surface area contributed by atoms with Gasteiger partial charge in [-0.1, -0.05) is 30.3 Å². The number of hydrogen-bond acceptors (Lipinski definition) is 4. The molecule has 1 N–H and O–H groups in total. The zero-order chi connectivity index (χ0) is 13.9. The Morgan fingerprint density at radius 3 is 2.85 bits per heavy atom. The highest BCUT2D eigenvalue weighted by molar-refractivity contribution is 6.02. The molecule has 0 aliphatic heterocycles. The van der Waals surface area contributed by atoms with Crippen LogP contribution in [0.2, 0.25) is 0 Å². The van der Waals surface area contributed by atoms with Crippen LogP contribution < -0.4 is 4.74 Å². The molecule has 0 amide bonds. The summed E-state index contributed by atoms with van der Waals surface area (Å²) in [5.41, 5.74) is 1.54. The van der Waals surface area contributed by atoms with Gasteiger partial charge in [0.15, 0.2) is 5.58 Å². The van der Waals surface area contributed by atoms with Crippen molar-refractivity contribution in [3.05, 3.63) is 60.0 Å². The van der Waals surface area contributed by atoms with Crippen LogP contribution >= 0.6 is 0 Å². The number of rotatable bonds is 4. The van der Waals surface area contributed by atoms with Crippen LogP contribution in [0.4, 0.5) is 0 Å². The van der Waals surface area contributed by atoms with E-state index in [2.05, 4.69) is 4.98 Å². The molecule has 0 fully saturated rings. The number of ether oxygens (including phenoxy) is 1. The van der Waals surface area contributed by atoms with E-state index in [0.29, 0.717) is 23.5 Å². The molecule has 0 spiro atoms. The Morgan fingerprint density at radius 2 is 2.10 bits per heavy atom. The molecule has 1 aromatic carbocycles. The molecule has 2 heterocycles. The molecule has 0 atom stereocenters. The van der Waals surface area contributed by atoms with E-state index in [1.165, 1.54) is 12.5 Å². The Labute approximate surface area is 114 Å². The van der Waals surface area contributed by atoms with E-state index in [1.54, 1.807) is 6.07 Å². The maximum Gasteiger partial charge on any atom is 0.339 e. The van der Waals surface area contributed by atoms with E-state index >= 15 is 0 Å². The zero-order valence-corrected chi connectivity index (χ0v) is 10.4. The molecular formula is C15H11NO4. The summed E-state index contributed by atoms with van der Waals surface area (Å²) in [6.45, 7) is 0.375. The Kier molecular flexibility index (Phi) is 3.09. The van der Waals surface area contributed by atoms with Crippen molar-refractivity contribution in [2.75, 3.05) is 0 Å². The highest BCUT2D eigenvalue weighted by Gasteiger charge is 2.13. The lowest BCUT2D eigenvalue weighted by molar-refractivity contribution is 0.0698. The Morgan fingerprint density at radius 1 is 1.30 bits per heavy atom. The maximum atomic E-state index is 11.0. The van der Waals surface area contributed by atoms with E-state index in [0.717, 1.165) is 5.56 Å². The molecule has 5 heteroatoms. The highest BCUT2D eigenvalue weighted by atomic mass is 16.5. The van der Waals surface area contributed by atoms with Gasteiger partial charge >= 0.3 is 5.97 Å². The Bertz CT molecular complexity index is 749. The molecule has 0 aliphatic rings. The van der Waals surface area contributed by atoms with Crippen LogP contribution in [0.3, 0.4) is 0 Å². The van der Waals surface area contributed by atoms with Gasteiger partial charge in [0, 0.05) is 11.5 Å². The Hall–Kier alpha value is -2.82. The largest absolute Gasteiger partial charge is 0.478 e. The van der Waals surface area contributed by atoms with E-state index in [1.807, 2.05) is 30.3 Å². The zero-order valence-electron chi connectivity index (χ0n) is 10.4. The number of pyridine rings is 1. The minimum atomic E-state index is -1.04. The van der Waals surface area contributed by atoms with Gasteiger partial charge in [0.05, 0.1) is 6.20 Å². The van der Waals surface area contributed by atoms with Crippen molar-refractivity contribution in [3.8, 4) is 5.88 Å². The predicted octanol–water partition coefficient (Wildman–Crippen LogP) is 3.11. The number of carbonyl (C=O) groups is 1. The van der Waals surface area contributed by atoms with Gasteiger partial charge in [-0.05, 0) is 5.56 Å². The van der Waals surface area contributed by atoms with Gasteiger partial charge in [-0.2, -0.15) is 0 Å². The Balaban J connectivity index is 1.85. The minimum absolute atomic E-state index is 0.104. The maximum absolute atomic E-state index is 11.0. The molecule has 0 bridgehead atoms. The molecule has 0 aliphatic carbocycles. The molecular weight excluding hydrogens is 258 g/mol. The van der Waals surface area contributed by atoms with Crippen molar-refractivity contribution in [1.29, 1.82) is 0 Å². The first kappa shape index (κ1) is 12.2. The van der Waals surface area contributed by atoms with Crippen molar-refractivity contribution in [2.24, 2.45) is 0 Å². The average Bonchev–Trinajstić information content (AvgIpc) is 2.89. The van der Waals surface area contributed by atoms with E-state index in [-0.39, 0.29) is 5.56 Å². The summed E-state index contributed by atoms with van der Waals surface area (Å²) < 4.78 is 10.7. The first-order valence-corrected chi connectivity index (χ1v) is 6.01. The van der Waals surface area contributed by atoms with Crippen LogP contribution in [0.25, 0.3) is 11.0 Å². The minimum Gasteiger partial charge on any atom is -0.478 e. The van der Waals surface area contributed by atoms with E-state index < -0.39 is 5.97 Å². The van der Waals surface area contributed by atoms with Gasteiger partial charge in [0.1, 0.15) is 18.4 Å². The summed E-state index contributed by atoms with van der Waals surface area (Å²) in [5.74, 6) is -0.672. The van der Waals surface area contributed by atoms with Gasteiger partial charge in [-0.3, -0.25) is 0 Å². The van der Waals surface area contributed by atoms with Gasteiger partial charge < -0.3 is 14.3 Å². The molecule has 20 heavy (non-hydrogen) atoms. The van der Waals surface area contributed by atoms with Crippen LogP contribution in [-0.2, 0) is 6.61 Å². The molecule has 0 saturated heterocycles. The van der Waals surface area contributed by atoms with Crippen LogP contribution in [0.5, 0.6) is 5.88 Å². The SMILES string of the molecule is O=C(O)c1coc2cnc(OCc3ccccc3)cc12. The van der Waals surface area contributed by atoms with Gasteiger partial charge in [0.25, 0.3) is 0 Å². The average molecular weight is 269 g/mol. The molecule has 3 rings (SSSR count). The molecule has 0 radical (unpaired) electrons. The van der Waals surface area contributed by atoms with Gasteiger partial charge in [-0.25, -0.2) is 9.78 Å². The second kappa shape index (κ2) is 5.05. The summed E-state index contributed by atoms with van der Waals surface area (Å²) in [5, 5.41) is 9.53. The lowest BCUT2D eigenvalue weighted by Crippen LogP contribution is -1.98. The molecule has 3 aromatic rings. The lowest BCUT2D eigenvalue weighted by Gasteiger charge is -2.05. The smallest absolute Gasteiger partial charge is 0.339 e. The van der Waals surface area contributed by atoms with Crippen molar-refractivity contribution in [1.82, 2.24) is 4.98 Å². The normalized spacial score (nSPS) is 10.6. The fourth-order valence-electron chi connectivity index (χ4n) is 1.89. The second-order valence-corrected chi connectivity index (χ2v) is 4.25. The van der Waals surface area contributed by atoms with Gasteiger partial charge in [-0.15, -0.1) is 0 Å². The van der Waals surface area contributed by atoms with Crippen LogP contribution in [0.15, 0.2) is 53.3 Å². The van der Waals surface area contributed by atoms with Crippen molar-refractivity contribution in [2.45, 2.75) is 6.61 Å². The first-order valence-electron chi connectivity index (χ1n) is 6.01. The number of fused-ring (bicyclic) bond motifs is 1. The molecule has 0 saturated carbocycles. The summed E-state index contributed by atoms with van der Waals surface area (Å²) in [7, 11) is 0. The third-order valence-electron chi connectivity index (χ3n) is 2.90. The molecule has 100 valence electrons. The number of carboxylic acid groups (broad SMARTS) is 1. The van der Waals surface area contributed by atoms with Crippen molar-refractivity contribution in [3.63, 3.8) is 0 Å². The second-order valence-electron chi connectivity index (χ2n) is 4.25. The topological polar surface area (TPSA) is 72.6 Å². The molecule has 2 aromatic heterocycles. The standard InChI is InChI=1S/C15H11NO4/c17-15(18)12-9-19-13-7-16-14(6-11(12)13)20-8-10-4-2-1-3-5-10/h1-7,9H,8H2,(H,17,18). The molecule has 0 unspecified atom stereocenters. The lowest BCUT2D eigenvalue weighted by atomic mass is 10.2. The number of carboxylic acids is 1. The number of aromatic nitrogens is 1. The number of furan rings is 1. The van der Waals surface area contributed by atoms with Crippen LogP contribution in [-0.4, -0.2) is 16.1 Å². The number of benzene rings is 1.